The zero-order valence-electron chi connectivity index (χ0n) is 11.5. The first-order chi connectivity index (χ1) is 8.61. The van der Waals surface area contributed by atoms with Gasteiger partial charge in [-0.25, -0.2) is 0 Å². The third-order valence-corrected chi connectivity index (χ3v) is 3.93. The molecule has 98 valence electrons. The Morgan fingerprint density at radius 3 is 2.83 bits per heavy atom. The van der Waals surface area contributed by atoms with Crippen molar-refractivity contribution >= 4 is 12.0 Å². The fourth-order valence-electron chi connectivity index (χ4n) is 2.68. The molecule has 1 unspecified atom stereocenters. The molecule has 1 aliphatic heterocycles. The Balaban J connectivity index is 2.15. The predicted molar refractivity (Wildman–Crippen MR) is 75.5 cm³/mol. The Kier molecular flexibility index (Phi) is 4.02. The van der Waals surface area contributed by atoms with Crippen LogP contribution in [0.15, 0.2) is 18.2 Å². The lowest BCUT2D eigenvalue weighted by molar-refractivity contribution is 0.112. The molecule has 0 N–H and O–H groups in total. The van der Waals surface area contributed by atoms with E-state index in [1.54, 1.807) is 0 Å². The first kappa shape index (κ1) is 13.1. The SMILES string of the molecule is Cc1cc(N(C)C2CCCN(C)C2)ccc1C=O. The molecule has 1 aromatic rings. The number of nitrogens with zero attached hydrogens (tertiary/aromatic N) is 2. The topological polar surface area (TPSA) is 23.6 Å². The second-order valence-corrected chi connectivity index (χ2v) is 5.33. The second-order valence-electron chi connectivity index (χ2n) is 5.33. The lowest BCUT2D eigenvalue weighted by atomic mass is 10.0. The number of aryl methyl sites for hydroxylation is 1. The number of benzene rings is 1. The summed E-state index contributed by atoms with van der Waals surface area (Å²) in [6.45, 7) is 4.31. The predicted octanol–water partition coefficient (Wildman–Crippen LogP) is 2.34. The summed E-state index contributed by atoms with van der Waals surface area (Å²) in [5, 5.41) is 0. The third-order valence-electron chi connectivity index (χ3n) is 3.93. The van der Waals surface area contributed by atoms with Crippen molar-refractivity contribution in [2.75, 3.05) is 32.1 Å². The monoisotopic (exact) mass is 246 g/mol. The van der Waals surface area contributed by atoms with E-state index in [0.29, 0.717) is 6.04 Å². The first-order valence-electron chi connectivity index (χ1n) is 6.59. The number of carbonyl (C=O) groups excluding carboxylic acids is 1. The van der Waals surface area contributed by atoms with E-state index in [9.17, 15) is 4.79 Å². The van der Waals surface area contributed by atoms with Gasteiger partial charge in [-0.3, -0.25) is 4.79 Å². The second kappa shape index (κ2) is 5.53. The maximum Gasteiger partial charge on any atom is 0.150 e. The van der Waals surface area contributed by atoms with Crippen molar-refractivity contribution in [2.24, 2.45) is 0 Å². The average molecular weight is 246 g/mol. The molecular formula is C15H22N2O. The molecule has 1 saturated heterocycles. The molecule has 1 fully saturated rings. The molecule has 0 aliphatic carbocycles. The largest absolute Gasteiger partial charge is 0.370 e. The van der Waals surface area contributed by atoms with Crippen LogP contribution in [0.2, 0.25) is 0 Å². The number of likely N-dealkylation sites (tertiary alicyclic amines) is 1. The van der Waals surface area contributed by atoms with E-state index in [0.717, 1.165) is 24.0 Å². The van der Waals surface area contributed by atoms with Crippen molar-refractivity contribution in [3.63, 3.8) is 0 Å². The van der Waals surface area contributed by atoms with Crippen LogP contribution in [-0.2, 0) is 0 Å². The highest BCUT2D eigenvalue weighted by atomic mass is 16.1. The molecule has 1 heterocycles. The van der Waals surface area contributed by atoms with Crippen molar-refractivity contribution in [3.05, 3.63) is 29.3 Å². The summed E-state index contributed by atoms with van der Waals surface area (Å²) in [6, 6.07) is 6.65. The van der Waals surface area contributed by atoms with E-state index < -0.39 is 0 Å². The van der Waals surface area contributed by atoms with Gasteiger partial charge < -0.3 is 9.80 Å². The number of piperidine rings is 1. The van der Waals surface area contributed by atoms with Gasteiger partial charge >= 0.3 is 0 Å². The lowest BCUT2D eigenvalue weighted by Crippen LogP contribution is -2.45. The standard InChI is InChI=1S/C15H22N2O/c1-12-9-14(7-6-13(12)11-18)17(3)15-5-4-8-16(2)10-15/h6-7,9,11,15H,4-5,8,10H2,1-3H3. The van der Waals surface area contributed by atoms with Gasteiger partial charge in [-0.05, 0) is 57.1 Å². The number of hydrogen-bond donors (Lipinski definition) is 0. The van der Waals surface area contributed by atoms with E-state index in [1.165, 1.54) is 25.1 Å². The minimum atomic E-state index is 0.574. The van der Waals surface area contributed by atoms with Gasteiger partial charge in [-0.2, -0.15) is 0 Å². The van der Waals surface area contributed by atoms with Crippen LogP contribution in [-0.4, -0.2) is 44.4 Å². The minimum Gasteiger partial charge on any atom is -0.370 e. The molecule has 1 atom stereocenters. The van der Waals surface area contributed by atoms with Gasteiger partial charge in [0.1, 0.15) is 6.29 Å². The molecule has 3 heteroatoms. The van der Waals surface area contributed by atoms with Crippen LogP contribution in [0.1, 0.15) is 28.8 Å². The minimum absolute atomic E-state index is 0.574. The van der Waals surface area contributed by atoms with Crippen molar-refractivity contribution < 1.29 is 4.79 Å². The number of likely N-dealkylation sites (N-methyl/N-ethyl adjacent to an activating group) is 2. The van der Waals surface area contributed by atoms with Crippen LogP contribution < -0.4 is 4.90 Å². The molecule has 1 aromatic carbocycles. The number of rotatable bonds is 3. The van der Waals surface area contributed by atoms with Gasteiger partial charge in [0.2, 0.25) is 0 Å². The van der Waals surface area contributed by atoms with Gasteiger partial charge in [-0.15, -0.1) is 0 Å². The number of aldehydes is 1. The molecule has 1 aliphatic rings. The molecule has 0 aromatic heterocycles. The lowest BCUT2D eigenvalue weighted by Gasteiger charge is -2.37. The fourth-order valence-corrected chi connectivity index (χ4v) is 2.68. The molecular weight excluding hydrogens is 224 g/mol. The van der Waals surface area contributed by atoms with E-state index >= 15 is 0 Å². The maximum absolute atomic E-state index is 10.8. The van der Waals surface area contributed by atoms with E-state index in [2.05, 4.69) is 30.0 Å². The summed E-state index contributed by atoms with van der Waals surface area (Å²) in [5.74, 6) is 0. The summed E-state index contributed by atoms with van der Waals surface area (Å²) >= 11 is 0. The van der Waals surface area contributed by atoms with Crippen LogP contribution in [0.3, 0.4) is 0 Å². The number of anilines is 1. The van der Waals surface area contributed by atoms with E-state index in [4.69, 9.17) is 0 Å². The number of hydrogen-bond acceptors (Lipinski definition) is 3. The van der Waals surface area contributed by atoms with Gasteiger partial charge in [0.15, 0.2) is 0 Å². The summed E-state index contributed by atoms with van der Waals surface area (Å²) < 4.78 is 0. The fraction of sp³-hybridized carbons (Fsp3) is 0.533. The zero-order chi connectivity index (χ0) is 13.1. The summed E-state index contributed by atoms with van der Waals surface area (Å²) in [5.41, 5.74) is 3.05. The van der Waals surface area contributed by atoms with E-state index in [1.807, 2.05) is 19.1 Å². The molecule has 0 saturated carbocycles. The molecule has 18 heavy (non-hydrogen) atoms. The van der Waals surface area contributed by atoms with Crippen LogP contribution in [0.25, 0.3) is 0 Å². The van der Waals surface area contributed by atoms with Crippen LogP contribution in [0, 0.1) is 6.92 Å². The summed E-state index contributed by atoms with van der Waals surface area (Å²) in [6.07, 6.45) is 3.43. The third kappa shape index (κ3) is 2.72. The van der Waals surface area contributed by atoms with Gasteiger partial charge in [-0.1, -0.05) is 0 Å². The van der Waals surface area contributed by atoms with Gasteiger partial charge in [0, 0.05) is 30.9 Å². The maximum atomic E-state index is 10.8. The Hall–Kier alpha value is -1.35. The zero-order valence-corrected chi connectivity index (χ0v) is 11.5. The Bertz CT molecular complexity index is 431. The van der Waals surface area contributed by atoms with Crippen molar-refractivity contribution in [3.8, 4) is 0 Å². The average Bonchev–Trinajstić information content (AvgIpc) is 2.37. The Morgan fingerprint density at radius 1 is 1.44 bits per heavy atom. The number of carbonyl (C=O) groups is 1. The van der Waals surface area contributed by atoms with Gasteiger partial charge in [0.25, 0.3) is 0 Å². The molecule has 0 amide bonds. The Morgan fingerprint density at radius 2 is 2.22 bits per heavy atom. The normalized spacial score (nSPS) is 20.7. The van der Waals surface area contributed by atoms with Crippen LogP contribution in [0.4, 0.5) is 5.69 Å². The molecule has 0 radical (unpaired) electrons. The molecule has 2 rings (SSSR count). The highest BCUT2D eigenvalue weighted by Crippen LogP contribution is 2.23. The molecule has 3 nitrogen and oxygen atoms in total. The molecule has 0 spiro atoms. The Labute approximate surface area is 109 Å². The first-order valence-corrected chi connectivity index (χ1v) is 6.59. The summed E-state index contributed by atoms with van der Waals surface area (Å²) in [4.78, 5) is 15.6. The summed E-state index contributed by atoms with van der Waals surface area (Å²) in [7, 11) is 4.33. The smallest absolute Gasteiger partial charge is 0.150 e. The van der Waals surface area contributed by atoms with Crippen molar-refractivity contribution in [1.82, 2.24) is 4.90 Å². The highest BCUT2D eigenvalue weighted by Gasteiger charge is 2.21. The van der Waals surface area contributed by atoms with Crippen molar-refractivity contribution in [1.29, 1.82) is 0 Å². The highest BCUT2D eigenvalue weighted by molar-refractivity contribution is 5.78. The van der Waals surface area contributed by atoms with Crippen LogP contribution in [0.5, 0.6) is 0 Å². The van der Waals surface area contributed by atoms with Crippen molar-refractivity contribution in [2.45, 2.75) is 25.8 Å². The van der Waals surface area contributed by atoms with Crippen LogP contribution >= 0.6 is 0 Å². The molecule has 0 bridgehead atoms. The van der Waals surface area contributed by atoms with E-state index in [-0.39, 0.29) is 0 Å². The van der Waals surface area contributed by atoms with Gasteiger partial charge in [0.05, 0.1) is 0 Å². The quantitative estimate of drug-likeness (QED) is 0.765.